The second-order valence-electron chi connectivity index (χ2n) is 7.18. The normalized spacial score (nSPS) is 10.9. The molecule has 4 rings (SSSR count). The Kier molecular flexibility index (Phi) is 6.85. The molecule has 0 unspecified atom stereocenters. The average molecular weight is 451 g/mol. The summed E-state index contributed by atoms with van der Waals surface area (Å²) in [6.45, 7) is 2.62. The molecule has 1 aromatic heterocycles. The van der Waals surface area contributed by atoms with E-state index in [-0.39, 0.29) is 12.5 Å². The van der Waals surface area contributed by atoms with Crippen LogP contribution in [0.1, 0.15) is 5.56 Å². The summed E-state index contributed by atoms with van der Waals surface area (Å²) in [7, 11) is 0. The number of ether oxygens (including phenoxy) is 1. The van der Waals surface area contributed by atoms with Crippen LogP contribution < -0.4 is 10.1 Å². The van der Waals surface area contributed by atoms with Gasteiger partial charge in [-0.05, 0) is 42.8 Å². The van der Waals surface area contributed by atoms with Crippen molar-refractivity contribution in [3.05, 3.63) is 83.4 Å². The van der Waals surface area contributed by atoms with Gasteiger partial charge < -0.3 is 15.0 Å². The van der Waals surface area contributed by atoms with Crippen LogP contribution in [-0.2, 0) is 4.79 Å². The first kappa shape index (κ1) is 21.3. The number of carbonyl (C=O) groups is 1. The Morgan fingerprint density at radius 3 is 2.55 bits per heavy atom. The quantitative estimate of drug-likeness (QED) is 0.252. The predicted octanol–water partition coefficient (Wildman–Crippen LogP) is 6.08. The number of H-pyrrole nitrogens is 1. The standard InChI is InChI=1S/C25H23ClN2O2S/c1-17-6-8-18(9-7-17)24-25(21-4-2-3-5-22(21)28-24)31-15-14-27-23(29)16-30-20-12-10-19(26)11-13-20/h2-13,28H,14-16H2,1H3,(H,27,29). The number of amides is 1. The Hall–Kier alpha value is -2.89. The largest absolute Gasteiger partial charge is 0.484 e. The molecular weight excluding hydrogens is 428 g/mol. The number of thioether (sulfide) groups is 1. The first-order chi connectivity index (χ1) is 15.1. The molecule has 0 aliphatic heterocycles. The lowest BCUT2D eigenvalue weighted by Gasteiger charge is -2.08. The van der Waals surface area contributed by atoms with Crippen molar-refractivity contribution < 1.29 is 9.53 Å². The Morgan fingerprint density at radius 2 is 1.77 bits per heavy atom. The van der Waals surface area contributed by atoms with E-state index in [1.807, 2.05) is 6.07 Å². The smallest absolute Gasteiger partial charge is 0.257 e. The lowest BCUT2D eigenvalue weighted by atomic mass is 10.1. The predicted molar refractivity (Wildman–Crippen MR) is 129 cm³/mol. The van der Waals surface area contributed by atoms with Crippen molar-refractivity contribution in [3.8, 4) is 17.0 Å². The Morgan fingerprint density at radius 1 is 1.03 bits per heavy atom. The van der Waals surface area contributed by atoms with Gasteiger partial charge in [0.25, 0.3) is 5.91 Å². The van der Waals surface area contributed by atoms with Crippen molar-refractivity contribution in [2.45, 2.75) is 11.8 Å². The summed E-state index contributed by atoms with van der Waals surface area (Å²) in [6.07, 6.45) is 0. The summed E-state index contributed by atoms with van der Waals surface area (Å²) >= 11 is 7.59. The number of halogens is 1. The summed E-state index contributed by atoms with van der Waals surface area (Å²) in [4.78, 5) is 16.9. The van der Waals surface area contributed by atoms with Gasteiger partial charge in [0.05, 0.1) is 5.69 Å². The third-order valence-electron chi connectivity index (χ3n) is 4.85. The number of aromatic amines is 1. The van der Waals surface area contributed by atoms with Crippen LogP contribution in [0.4, 0.5) is 0 Å². The van der Waals surface area contributed by atoms with E-state index in [9.17, 15) is 4.79 Å². The lowest BCUT2D eigenvalue weighted by molar-refractivity contribution is -0.122. The van der Waals surface area contributed by atoms with E-state index < -0.39 is 0 Å². The number of benzene rings is 3. The molecule has 0 radical (unpaired) electrons. The van der Waals surface area contributed by atoms with E-state index in [1.54, 1.807) is 36.0 Å². The second-order valence-corrected chi connectivity index (χ2v) is 8.72. The monoisotopic (exact) mass is 450 g/mol. The number of hydrogen-bond acceptors (Lipinski definition) is 3. The van der Waals surface area contributed by atoms with Crippen LogP contribution in [0.2, 0.25) is 5.02 Å². The van der Waals surface area contributed by atoms with Gasteiger partial charge in [0.1, 0.15) is 5.75 Å². The number of para-hydroxylation sites is 1. The molecule has 0 saturated heterocycles. The number of hydrogen-bond donors (Lipinski definition) is 2. The highest BCUT2D eigenvalue weighted by Crippen LogP contribution is 2.37. The summed E-state index contributed by atoms with van der Waals surface area (Å²) in [5.41, 5.74) is 4.62. The van der Waals surface area contributed by atoms with Gasteiger partial charge in [0, 0.05) is 33.1 Å². The van der Waals surface area contributed by atoms with Crippen molar-refractivity contribution in [2.24, 2.45) is 0 Å². The number of rotatable bonds is 8. The van der Waals surface area contributed by atoms with Crippen LogP contribution in [0.5, 0.6) is 5.75 Å². The zero-order valence-electron chi connectivity index (χ0n) is 17.2. The van der Waals surface area contributed by atoms with E-state index in [0.29, 0.717) is 17.3 Å². The number of carbonyl (C=O) groups excluding carboxylic acids is 1. The van der Waals surface area contributed by atoms with E-state index >= 15 is 0 Å². The molecule has 0 spiro atoms. The number of aryl methyl sites for hydroxylation is 1. The number of nitrogens with one attached hydrogen (secondary N) is 2. The second kappa shape index (κ2) is 9.94. The van der Waals surface area contributed by atoms with Crippen LogP contribution in [-0.4, -0.2) is 29.8 Å². The average Bonchev–Trinajstić information content (AvgIpc) is 3.15. The maximum Gasteiger partial charge on any atom is 0.257 e. The van der Waals surface area contributed by atoms with Gasteiger partial charge in [0.15, 0.2) is 6.61 Å². The molecule has 0 saturated carbocycles. The molecule has 0 atom stereocenters. The zero-order valence-corrected chi connectivity index (χ0v) is 18.7. The van der Waals surface area contributed by atoms with E-state index in [0.717, 1.165) is 22.5 Å². The molecule has 2 N–H and O–H groups in total. The third kappa shape index (κ3) is 5.43. The van der Waals surface area contributed by atoms with Gasteiger partial charge in [-0.1, -0.05) is 59.6 Å². The van der Waals surface area contributed by atoms with Crippen molar-refractivity contribution >= 4 is 40.2 Å². The van der Waals surface area contributed by atoms with Gasteiger partial charge in [-0.25, -0.2) is 0 Å². The summed E-state index contributed by atoms with van der Waals surface area (Å²) in [5, 5.41) is 4.75. The fourth-order valence-corrected chi connectivity index (χ4v) is 4.44. The fraction of sp³-hybridized carbons (Fsp3) is 0.160. The zero-order chi connectivity index (χ0) is 21.6. The van der Waals surface area contributed by atoms with E-state index in [2.05, 4.69) is 59.7 Å². The molecule has 158 valence electrons. The first-order valence-electron chi connectivity index (χ1n) is 10.1. The molecule has 0 bridgehead atoms. The van der Waals surface area contributed by atoms with E-state index in [1.165, 1.54) is 15.8 Å². The molecule has 0 fully saturated rings. The summed E-state index contributed by atoms with van der Waals surface area (Å²) < 4.78 is 5.49. The highest BCUT2D eigenvalue weighted by molar-refractivity contribution is 7.99. The Balaban J connectivity index is 1.36. The molecule has 31 heavy (non-hydrogen) atoms. The molecule has 4 aromatic rings. The van der Waals surface area contributed by atoms with Crippen molar-refractivity contribution in [1.82, 2.24) is 10.3 Å². The Labute approximate surface area is 191 Å². The molecule has 1 amide bonds. The molecule has 3 aromatic carbocycles. The maximum atomic E-state index is 12.1. The maximum absolute atomic E-state index is 12.1. The minimum absolute atomic E-state index is 0.0198. The fourth-order valence-electron chi connectivity index (χ4n) is 3.26. The lowest BCUT2D eigenvalue weighted by Crippen LogP contribution is -2.30. The van der Waals surface area contributed by atoms with Crippen molar-refractivity contribution in [3.63, 3.8) is 0 Å². The summed E-state index contributed by atoms with van der Waals surface area (Å²) in [5.74, 6) is 1.23. The molecule has 1 heterocycles. The SMILES string of the molecule is Cc1ccc(-c2[nH]c3ccccc3c2SCCNC(=O)COc2ccc(Cl)cc2)cc1. The van der Waals surface area contributed by atoms with Gasteiger partial charge in [-0.2, -0.15) is 0 Å². The van der Waals surface area contributed by atoms with Gasteiger partial charge in [0.2, 0.25) is 0 Å². The third-order valence-corrected chi connectivity index (χ3v) is 6.23. The van der Waals surface area contributed by atoms with Crippen LogP contribution >= 0.6 is 23.4 Å². The topological polar surface area (TPSA) is 54.1 Å². The number of fused-ring (bicyclic) bond motifs is 1. The molecule has 4 nitrogen and oxygen atoms in total. The van der Waals surface area contributed by atoms with Gasteiger partial charge in [-0.15, -0.1) is 11.8 Å². The summed E-state index contributed by atoms with van der Waals surface area (Å²) in [6, 6.07) is 23.8. The molecular formula is C25H23ClN2O2S. The van der Waals surface area contributed by atoms with Crippen molar-refractivity contribution in [1.29, 1.82) is 0 Å². The Bertz CT molecular complexity index is 1170. The van der Waals surface area contributed by atoms with Crippen LogP contribution in [0.3, 0.4) is 0 Å². The molecule has 0 aliphatic rings. The van der Waals surface area contributed by atoms with Crippen molar-refractivity contribution in [2.75, 3.05) is 18.9 Å². The highest BCUT2D eigenvalue weighted by Gasteiger charge is 2.13. The van der Waals surface area contributed by atoms with Crippen LogP contribution in [0.25, 0.3) is 22.2 Å². The first-order valence-corrected chi connectivity index (χ1v) is 11.4. The van der Waals surface area contributed by atoms with E-state index in [4.69, 9.17) is 16.3 Å². The highest BCUT2D eigenvalue weighted by atomic mass is 35.5. The van der Waals surface area contributed by atoms with Crippen LogP contribution in [0.15, 0.2) is 77.7 Å². The van der Waals surface area contributed by atoms with Crippen LogP contribution in [0, 0.1) is 6.92 Å². The minimum atomic E-state index is -0.145. The minimum Gasteiger partial charge on any atom is -0.484 e. The number of aromatic nitrogens is 1. The van der Waals surface area contributed by atoms with Gasteiger partial charge in [-0.3, -0.25) is 4.79 Å². The van der Waals surface area contributed by atoms with Gasteiger partial charge >= 0.3 is 0 Å². The molecule has 6 heteroatoms. The molecule has 0 aliphatic carbocycles.